The van der Waals surface area contributed by atoms with Crippen LogP contribution in [0.3, 0.4) is 0 Å². The molecule has 2 atom stereocenters. The summed E-state index contributed by atoms with van der Waals surface area (Å²) >= 11 is 5.81. The molecular formula is C9H20ClO2P. The van der Waals surface area contributed by atoms with E-state index in [4.69, 9.17) is 15.8 Å². The average molecular weight is 227 g/mol. The molecule has 4 heteroatoms. The molecule has 0 aliphatic heterocycles. The highest BCUT2D eigenvalue weighted by Gasteiger charge is 2.31. The summed E-state index contributed by atoms with van der Waals surface area (Å²) in [6, 6.07) is 0. The molecule has 2 unspecified atom stereocenters. The zero-order valence-electron chi connectivity index (χ0n) is 9.30. The van der Waals surface area contributed by atoms with Crippen molar-refractivity contribution < 1.29 is 9.09 Å². The molecule has 0 fully saturated rings. The van der Waals surface area contributed by atoms with E-state index < -0.39 is 6.72 Å². The number of halogens is 1. The van der Waals surface area contributed by atoms with Gasteiger partial charge in [0, 0.05) is 5.66 Å². The summed E-state index contributed by atoms with van der Waals surface area (Å²) in [6.45, 7) is 8.68. The highest BCUT2D eigenvalue weighted by molar-refractivity contribution is 7.85. The first kappa shape index (κ1) is 13.5. The lowest BCUT2D eigenvalue weighted by atomic mass is 9.91. The highest BCUT2D eigenvalue weighted by atomic mass is 35.7. The minimum Gasteiger partial charge on any atom is -0.314 e. The van der Waals surface area contributed by atoms with Gasteiger partial charge in [0.15, 0.2) is 0 Å². The maximum atomic E-state index is 11.7. The molecule has 0 amide bonds. The van der Waals surface area contributed by atoms with Gasteiger partial charge < -0.3 is 4.52 Å². The van der Waals surface area contributed by atoms with Gasteiger partial charge in [0.1, 0.15) is 0 Å². The third-order valence-electron chi connectivity index (χ3n) is 2.14. The summed E-state index contributed by atoms with van der Waals surface area (Å²) in [6.07, 6.45) is -0.0989. The first-order chi connectivity index (χ1) is 5.57. The van der Waals surface area contributed by atoms with Crippen LogP contribution in [0.15, 0.2) is 0 Å². The Bertz CT molecular complexity index is 208. The van der Waals surface area contributed by atoms with E-state index in [1.165, 1.54) is 0 Å². The van der Waals surface area contributed by atoms with Crippen LogP contribution in [0.5, 0.6) is 0 Å². The predicted molar refractivity (Wildman–Crippen MR) is 58.6 cm³/mol. The quantitative estimate of drug-likeness (QED) is 0.672. The molecule has 80 valence electrons. The van der Waals surface area contributed by atoms with Gasteiger partial charge in [-0.15, -0.1) is 0 Å². The van der Waals surface area contributed by atoms with Gasteiger partial charge in [-0.2, -0.15) is 0 Å². The van der Waals surface area contributed by atoms with E-state index in [9.17, 15) is 4.57 Å². The Morgan fingerprint density at radius 3 is 1.85 bits per heavy atom. The van der Waals surface area contributed by atoms with Crippen molar-refractivity contribution in [3.63, 3.8) is 0 Å². The third kappa shape index (κ3) is 4.49. The van der Waals surface area contributed by atoms with Crippen LogP contribution in [0.1, 0.15) is 41.5 Å². The predicted octanol–water partition coefficient (Wildman–Crippen LogP) is 4.28. The Kier molecular flexibility index (Phi) is 4.49. The van der Waals surface area contributed by atoms with Crippen LogP contribution in [0.4, 0.5) is 0 Å². The molecule has 0 spiro atoms. The topological polar surface area (TPSA) is 26.3 Å². The van der Waals surface area contributed by atoms with Gasteiger partial charge in [-0.05, 0) is 23.6 Å². The normalized spacial score (nSPS) is 20.0. The van der Waals surface area contributed by atoms with Crippen molar-refractivity contribution in [2.75, 3.05) is 0 Å². The van der Waals surface area contributed by atoms with E-state index in [0.717, 1.165) is 0 Å². The van der Waals surface area contributed by atoms with Crippen LogP contribution in [-0.2, 0) is 9.09 Å². The number of rotatable bonds is 3. The Morgan fingerprint density at radius 2 is 1.62 bits per heavy atom. The Hall–Kier alpha value is 0.480. The van der Waals surface area contributed by atoms with Gasteiger partial charge in [0.25, 0.3) is 6.72 Å². The molecule has 0 saturated heterocycles. The van der Waals surface area contributed by atoms with Crippen molar-refractivity contribution in [3.8, 4) is 0 Å². The molecule has 0 aromatic carbocycles. The molecule has 0 rings (SSSR count). The van der Waals surface area contributed by atoms with E-state index in [1.54, 1.807) is 0 Å². The molecular weight excluding hydrogens is 207 g/mol. The standard InChI is InChI=1S/C9H20ClO2P/c1-7(2)13(10,11)12-8(3)9(4,5)6/h7-8H,1-6H3. The van der Waals surface area contributed by atoms with Crippen LogP contribution in [0.2, 0.25) is 0 Å². The SMILES string of the molecule is CC(OP(=O)(Cl)C(C)C)C(C)(C)C. The Labute approximate surface area is 86.2 Å². The minimum absolute atomic E-state index is 0.0283. The first-order valence-electron chi connectivity index (χ1n) is 4.55. The fraction of sp³-hybridized carbons (Fsp3) is 1.00. The average Bonchev–Trinajstić information content (AvgIpc) is 1.83. The maximum Gasteiger partial charge on any atom is 0.292 e. The highest BCUT2D eigenvalue weighted by Crippen LogP contribution is 2.58. The van der Waals surface area contributed by atoms with E-state index >= 15 is 0 Å². The minimum atomic E-state index is -2.94. The monoisotopic (exact) mass is 226 g/mol. The van der Waals surface area contributed by atoms with Gasteiger partial charge in [-0.1, -0.05) is 34.6 Å². The van der Waals surface area contributed by atoms with Crippen LogP contribution < -0.4 is 0 Å². The largest absolute Gasteiger partial charge is 0.314 e. The molecule has 0 aromatic rings. The Balaban J connectivity index is 4.38. The van der Waals surface area contributed by atoms with Gasteiger partial charge in [0.05, 0.1) is 6.10 Å². The summed E-state index contributed by atoms with van der Waals surface area (Å²) in [7, 11) is 0. The third-order valence-corrected chi connectivity index (χ3v) is 5.39. The van der Waals surface area contributed by atoms with Crippen molar-refractivity contribution in [1.82, 2.24) is 0 Å². The smallest absolute Gasteiger partial charge is 0.292 e. The van der Waals surface area contributed by atoms with Gasteiger partial charge in [0.2, 0.25) is 0 Å². The van der Waals surface area contributed by atoms with Crippen molar-refractivity contribution in [2.45, 2.75) is 53.3 Å². The lowest BCUT2D eigenvalue weighted by Crippen LogP contribution is -2.25. The zero-order valence-corrected chi connectivity index (χ0v) is 10.9. The van der Waals surface area contributed by atoms with Crippen molar-refractivity contribution in [3.05, 3.63) is 0 Å². The van der Waals surface area contributed by atoms with Gasteiger partial charge in [-0.3, -0.25) is 4.57 Å². The summed E-state index contributed by atoms with van der Waals surface area (Å²) in [5.41, 5.74) is -0.154. The molecule has 0 heterocycles. The molecule has 0 aliphatic carbocycles. The molecule has 0 saturated carbocycles. The molecule has 0 radical (unpaired) electrons. The molecule has 0 bridgehead atoms. The second kappa shape index (κ2) is 4.33. The summed E-state index contributed by atoms with van der Waals surface area (Å²) in [4.78, 5) is 0. The summed E-state index contributed by atoms with van der Waals surface area (Å²) < 4.78 is 17.1. The molecule has 0 aromatic heterocycles. The first-order valence-corrected chi connectivity index (χ1v) is 7.15. The number of hydrogen-bond donors (Lipinski definition) is 0. The Morgan fingerprint density at radius 1 is 1.23 bits per heavy atom. The zero-order chi connectivity index (χ0) is 10.9. The van der Waals surface area contributed by atoms with Gasteiger partial charge >= 0.3 is 0 Å². The molecule has 2 nitrogen and oxygen atoms in total. The lowest BCUT2D eigenvalue weighted by Gasteiger charge is -2.30. The number of hydrogen-bond acceptors (Lipinski definition) is 2. The van der Waals surface area contributed by atoms with Crippen LogP contribution >= 0.6 is 18.0 Å². The molecule has 0 aliphatic rings. The van der Waals surface area contributed by atoms with Crippen LogP contribution in [0, 0.1) is 5.41 Å². The van der Waals surface area contributed by atoms with E-state index in [0.29, 0.717) is 0 Å². The second-order valence-electron chi connectivity index (χ2n) is 4.73. The lowest BCUT2D eigenvalue weighted by molar-refractivity contribution is 0.109. The fourth-order valence-electron chi connectivity index (χ4n) is 0.495. The van der Waals surface area contributed by atoms with Crippen LogP contribution in [-0.4, -0.2) is 11.8 Å². The van der Waals surface area contributed by atoms with E-state index in [2.05, 4.69) is 0 Å². The summed E-state index contributed by atoms with van der Waals surface area (Å²) in [5, 5.41) is 0. The van der Waals surface area contributed by atoms with Gasteiger partial charge in [-0.25, -0.2) is 0 Å². The van der Waals surface area contributed by atoms with E-state index in [1.807, 2.05) is 41.5 Å². The van der Waals surface area contributed by atoms with Crippen molar-refractivity contribution >= 4 is 18.0 Å². The maximum absolute atomic E-state index is 11.7. The molecule has 0 N–H and O–H groups in total. The van der Waals surface area contributed by atoms with E-state index in [-0.39, 0.29) is 17.2 Å². The molecule has 13 heavy (non-hydrogen) atoms. The summed E-state index contributed by atoms with van der Waals surface area (Å²) in [5.74, 6) is 0. The van der Waals surface area contributed by atoms with Crippen molar-refractivity contribution in [1.29, 1.82) is 0 Å². The van der Waals surface area contributed by atoms with Crippen LogP contribution in [0.25, 0.3) is 0 Å². The second-order valence-corrected chi connectivity index (χ2v) is 8.43. The van der Waals surface area contributed by atoms with Crippen molar-refractivity contribution in [2.24, 2.45) is 5.41 Å². The fourth-order valence-corrected chi connectivity index (χ4v) is 1.84.